The molecule has 1 aliphatic rings. The van der Waals surface area contributed by atoms with Crippen molar-refractivity contribution < 1.29 is 8.78 Å². The number of hydrogen-bond acceptors (Lipinski definition) is 5. The summed E-state index contributed by atoms with van der Waals surface area (Å²) in [5.41, 5.74) is 1.76. The third kappa shape index (κ3) is 3.83. The van der Waals surface area contributed by atoms with Gasteiger partial charge in [-0.1, -0.05) is 25.6 Å². The number of aromatic nitrogens is 3. The Kier molecular flexibility index (Phi) is 4.63. The van der Waals surface area contributed by atoms with Gasteiger partial charge >= 0.3 is 0 Å². The zero-order valence-corrected chi connectivity index (χ0v) is 15.8. The molecule has 27 heavy (non-hydrogen) atoms. The van der Waals surface area contributed by atoms with E-state index in [1.807, 2.05) is 6.07 Å². The first-order valence-corrected chi connectivity index (χ1v) is 9.49. The van der Waals surface area contributed by atoms with E-state index in [1.165, 1.54) is 0 Å². The molecule has 1 aromatic carbocycles. The molecule has 138 valence electrons. The first kappa shape index (κ1) is 18.0. The minimum Gasteiger partial charge on any atom is -0.274 e. The molecule has 0 amide bonds. The van der Waals surface area contributed by atoms with Gasteiger partial charge in [-0.2, -0.15) is 0 Å². The number of hydrogen-bond donors (Lipinski definition) is 0. The number of pyridine rings is 1. The van der Waals surface area contributed by atoms with Gasteiger partial charge in [0.15, 0.2) is 11.6 Å². The molecule has 0 spiro atoms. The highest BCUT2D eigenvalue weighted by atomic mass is 32.2. The second-order valence-electron chi connectivity index (χ2n) is 7.21. The highest BCUT2D eigenvalue weighted by Gasteiger charge is 2.32. The second kappa shape index (κ2) is 6.96. The summed E-state index contributed by atoms with van der Waals surface area (Å²) in [5.74, 6) is -1.81. The van der Waals surface area contributed by atoms with Crippen LogP contribution >= 0.6 is 11.8 Å². The third-order valence-electron chi connectivity index (χ3n) is 4.45. The van der Waals surface area contributed by atoms with E-state index >= 15 is 0 Å². The van der Waals surface area contributed by atoms with Gasteiger partial charge in [0.05, 0.1) is 11.7 Å². The third-order valence-corrected chi connectivity index (χ3v) is 5.71. The molecule has 0 radical (unpaired) electrons. The molecular weight excluding hydrogens is 366 g/mol. The molecule has 0 aliphatic carbocycles. The lowest BCUT2D eigenvalue weighted by Crippen LogP contribution is -2.31. The van der Waals surface area contributed by atoms with E-state index in [0.29, 0.717) is 11.8 Å². The van der Waals surface area contributed by atoms with Gasteiger partial charge in [-0.05, 0) is 24.6 Å². The normalized spacial score (nSPS) is 19.1. The molecular formula is C20H18F2N4S. The van der Waals surface area contributed by atoms with Crippen LogP contribution in [0.15, 0.2) is 48.0 Å². The first-order chi connectivity index (χ1) is 12.9. The Bertz CT molecular complexity index is 1020. The molecule has 0 fully saturated rings. The second-order valence-corrected chi connectivity index (χ2v) is 8.91. The van der Waals surface area contributed by atoms with Crippen molar-refractivity contribution in [2.24, 2.45) is 4.99 Å². The fraction of sp³-hybridized carbons (Fsp3) is 0.300. The van der Waals surface area contributed by atoms with E-state index in [-0.39, 0.29) is 16.3 Å². The summed E-state index contributed by atoms with van der Waals surface area (Å²) in [6.07, 6.45) is 8.29. The van der Waals surface area contributed by atoms with E-state index in [1.54, 1.807) is 42.6 Å². The van der Waals surface area contributed by atoms with Crippen LogP contribution in [0, 0.1) is 11.6 Å². The van der Waals surface area contributed by atoms with Crippen molar-refractivity contribution in [3.05, 3.63) is 65.9 Å². The van der Waals surface area contributed by atoms with Crippen molar-refractivity contribution in [2.45, 2.75) is 37.5 Å². The van der Waals surface area contributed by atoms with E-state index < -0.39 is 11.6 Å². The van der Waals surface area contributed by atoms with Gasteiger partial charge in [0.2, 0.25) is 0 Å². The van der Waals surface area contributed by atoms with Gasteiger partial charge in [-0.3, -0.25) is 19.9 Å². The van der Waals surface area contributed by atoms with Crippen molar-refractivity contribution in [3.8, 4) is 0 Å². The predicted molar refractivity (Wildman–Crippen MR) is 104 cm³/mol. The zero-order valence-electron chi connectivity index (χ0n) is 15.0. The van der Waals surface area contributed by atoms with Crippen LogP contribution < -0.4 is 0 Å². The Labute approximate surface area is 160 Å². The lowest BCUT2D eigenvalue weighted by atomic mass is 9.99. The maximum absolute atomic E-state index is 13.9. The van der Waals surface area contributed by atoms with Crippen molar-refractivity contribution >= 4 is 27.7 Å². The monoisotopic (exact) mass is 384 g/mol. The molecule has 1 atom stereocenters. The van der Waals surface area contributed by atoms with Crippen molar-refractivity contribution in [2.75, 3.05) is 0 Å². The van der Waals surface area contributed by atoms with Crippen LogP contribution in [0.3, 0.4) is 0 Å². The number of nitrogens with zero attached hydrogens (tertiary/aromatic N) is 4. The van der Waals surface area contributed by atoms with Crippen LogP contribution in [0.1, 0.15) is 31.5 Å². The Morgan fingerprint density at radius 2 is 2.00 bits per heavy atom. The summed E-state index contributed by atoms with van der Waals surface area (Å²) in [7, 11) is 0. The van der Waals surface area contributed by atoms with Gasteiger partial charge in [-0.15, -0.1) is 0 Å². The maximum atomic E-state index is 13.9. The molecule has 0 bridgehead atoms. The molecule has 3 heterocycles. The molecule has 0 saturated carbocycles. The lowest BCUT2D eigenvalue weighted by molar-refractivity contribution is 0.515. The van der Waals surface area contributed by atoms with Crippen molar-refractivity contribution in [1.82, 2.24) is 15.0 Å². The molecule has 0 N–H and O–H groups in total. The van der Waals surface area contributed by atoms with Crippen molar-refractivity contribution in [1.29, 1.82) is 0 Å². The van der Waals surface area contributed by atoms with E-state index in [4.69, 9.17) is 4.99 Å². The van der Waals surface area contributed by atoms with Gasteiger partial charge in [-0.25, -0.2) is 8.78 Å². The lowest BCUT2D eigenvalue weighted by Gasteiger charge is -2.33. The van der Waals surface area contributed by atoms with E-state index in [0.717, 1.165) is 28.8 Å². The Hall–Kier alpha value is -2.41. The van der Waals surface area contributed by atoms with Crippen LogP contribution in [-0.2, 0) is 6.42 Å². The Balaban J connectivity index is 1.70. The molecule has 4 nitrogen and oxygen atoms in total. The Morgan fingerprint density at radius 1 is 1.15 bits per heavy atom. The summed E-state index contributed by atoms with van der Waals surface area (Å²) in [6.45, 7) is 4.36. The number of halogens is 2. The van der Waals surface area contributed by atoms with Crippen LogP contribution in [0.5, 0.6) is 0 Å². The summed E-state index contributed by atoms with van der Waals surface area (Å²) in [4.78, 5) is 17.5. The minimum absolute atomic E-state index is 0.00698. The predicted octanol–water partition coefficient (Wildman–Crippen LogP) is 4.58. The molecule has 2 aromatic heterocycles. The van der Waals surface area contributed by atoms with E-state index in [2.05, 4.69) is 28.8 Å². The molecule has 1 unspecified atom stereocenters. The van der Waals surface area contributed by atoms with Crippen LogP contribution in [-0.4, -0.2) is 30.8 Å². The van der Waals surface area contributed by atoms with Gasteiger partial charge in [0, 0.05) is 46.9 Å². The zero-order chi connectivity index (χ0) is 19.0. The molecule has 3 aromatic rings. The van der Waals surface area contributed by atoms with E-state index in [9.17, 15) is 8.78 Å². The summed E-state index contributed by atoms with van der Waals surface area (Å²) < 4.78 is 27.3. The summed E-state index contributed by atoms with van der Waals surface area (Å²) in [6, 6.07) is 4.56. The number of aliphatic imine (C=N–C) groups is 1. The Morgan fingerprint density at radius 3 is 2.78 bits per heavy atom. The quantitative estimate of drug-likeness (QED) is 0.663. The smallest absolute Gasteiger partial charge is 0.184 e. The van der Waals surface area contributed by atoms with Crippen LogP contribution in [0.2, 0.25) is 0 Å². The number of thioether (sulfide) groups is 1. The van der Waals surface area contributed by atoms with Gasteiger partial charge in [0.25, 0.3) is 0 Å². The largest absolute Gasteiger partial charge is 0.274 e. The average Bonchev–Trinajstić information content (AvgIpc) is 2.64. The first-order valence-electron chi connectivity index (χ1n) is 8.67. The number of fused-ring (bicyclic) bond motifs is 1. The van der Waals surface area contributed by atoms with Crippen LogP contribution in [0.4, 0.5) is 8.78 Å². The molecule has 4 rings (SSSR count). The fourth-order valence-corrected chi connectivity index (χ4v) is 4.53. The fourth-order valence-electron chi connectivity index (χ4n) is 3.30. The molecule has 1 aliphatic heterocycles. The summed E-state index contributed by atoms with van der Waals surface area (Å²) in [5, 5.41) is 1.42. The summed E-state index contributed by atoms with van der Waals surface area (Å²) >= 11 is 1.68. The van der Waals surface area contributed by atoms with Crippen molar-refractivity contribution in [3.63, 3.8) is 0 Å². The highest BCUT2D eigenvalue weighted by Crippen LogP contribution is 2.39. The number of benzene rings is 1. The molecule has 0 saturated heterocycles. The van der Waals surface area contributed by atoms with Gasteiger partial charge < -0.3 is 0 Å². The highest BCUT2D eigenvalue weighted by molar-refractivity contribution is 8.15. The minimum atomic E-state index is -0.918. The van der Waals surface area contributed by atoms with Gasteiger partial charge in [0.1, 0.15) is 10.6 Å². The SMILES string of the molecule is CC1(C)CC(Cc2cnccn2)N=C(c2cnc3c(F)c(F)ccc3c2)S1. The topological polar surface area (TPSA) is 51.0 Å². The van der Waals surface area contributed by atoms with Crippen LogP contribution in [0.25, 0.3) is 10.9 Å². The number of rotatable bonds is 3. The maximum Gasteiger partial charge on any atom is 0.184 e. The standard InChI is InChI=1S/C20H18F2N4S/c1-20(2)9-14(8-15-11-23-5-6-24-15)26-19(27-20)13-7-12-3-4-16(21)17(22)18(12)25-10-13/h3-7,10-11,14H,8-9H2,1-2H3. The average molecular weight is 384 g/mol. The molecule has 7 heteroatoms.